The highest BCUT2D eigenvalue weighted by Crippen LogP contribution is 2.30. The van der Waals surface area contributed by atoms with Crippen molar-refractivity contribution in [2.75, 3.05) is 6.61 Å². The Morgan fingerprint density at radius 1 is 0.769 bits per heavy atom. The number of rotatable bonds is 16. The van der Waals surface area contributed by atoms with Crippen LogP contribution in [-0.2, 0) is 35.1 Å². The van der Waals surface area contributed by atoms with E-state index in [9.17, 15) is 19.2 Å². The van der Waals surface area contributed by atoms with Crippen molar-refractivity contribution in [1.82, 2.24) is 0 Å². The Kier molecular flexibility index (Phi) is 14.8. The number of benzene rings is 1. The fourth-order valence-corrected chi connectivity index (χ4v) is 3.26. The predicted molar refractivity (Wildman–Crippen MR) is 148 cm³/mol. The predicted octanol–water partition coefficient (Wildman–Crippen LogP) is 5.01. The maximum Gasteiger partial charge on any atom is 0.323 e. The van der Waals surface area contributed by atoms with Crippen molar-refractivity contribution in [2.24, 2.45) is 29.4 Å². The molecule has 0 aromatic heterocycles. The van der Waals surface area contributed by atoms with Gasteiger partial charge in [-0.3, -0.25) is 19.2 Å². The van der Waals surface area contributed by atoms with Crippen LogP contribution in [0.3, 0.4) is 0 Å². The molecular formula is C30H47NO8. The van der Waals surface area contributed by atoms with Gasteiger partial charge in [0.25, 0.3) is 0 Å². The highest BCUT2D eigenvalue weighted by atomic mass is 16.6. The first-order chi connectivity index (χ1) is 18.2. The summed E-state index contributed by atoms with van der Waals surface area (Å²) in [4.78, 5) is 49.3. The number of carbonyl (C=O) groups excluding carboxylic acids is 4. The van der Waals surface area contributed by atoms with Crippen LogP contribution < -0.4 is 15.2 Å². The van der Waals surface area contributed by atoms with Crippen molar-refractivity contribution < 1.29 is 38.1 Å². The van der Waals surface area contributed by atoms with Crippen LogP contribution in [0.1, 0.15) is 86.6 Å². The van der Waals surface area contributed by atoms with Gasteiger partial charge in [0.2, 0.25) is 0 Å². The van der Waals surface area contributed by atoms with Crippen molar-refractivity contribution in [3.05, 3.63) is 23.8 Å². The van der Waals surface area contributed by atoms with Crippen LogP contribution in [0, 0.1) is 23.7 Å². The summed E-state index contributed by atoms with van der Waals surface area (Å²) in [7, 11) is 0. The lowest BCUT2D eigenvalue weighted by atomic mass is 9.99. The molecule has 0 aliphatic heterocycles. The molecule has 3 atom stereocenters. The van der Waals surface area contributed by atoms with E-state index in [-0.39, 0.29) is 55.2 Å². The van der Waals surface area contributed by atoms with Crippen LogP contribution in [0.2, 0.25) is 0 Å². The highest BCUT2D eigenvalue weighted by Gasteiger charge is 2.23. The van der Waals surface area contributed by atoms with E-state index in [1.165, 1.54) is 6.07 Å². The van der Waals surface area contributed by atoms with Gasteiger partial charge in [-0.1, -0.05) is 54.5 Å². The van der Waals surface area contributed by atoms with E-state index in [0.717, 1.165) is 0 Å². The van der Waals surface area contributed by atoms with E-state index in [2.05, 4.69) is 0 Å². The molecule has 0 spiro atoms. The lowest BCUT2D eigenvalue weighted by Crippen LogP contribution is -2.37. The smallest absolute Gasteiger partial charge is 0.323 e. The van der Waals surface area contributed by atoms with Crippen LogP contribution in [-0.4, -0.2) is 42.6 Å². The zero-order valence-electron chi connectivity index (χ0n) is 24.8. The molecule has 0 radical (unpaired) electrons. The van der Waals surface area contributed by atoms with E-state index < -0.39 is 30.1 Å². The fraction of sp³-hybridized carbons (Fsp3) is 0.667. The van der Waals surface area contributed by atoms with Gasteiger partial charge < -0.3 is 24.7 Å². The van der Waals surface area contributed by atoms with Gasteiger partial charge in [-0.2, -0.15) is 0 Å². The molecule has 0 bridgehead atoms. The zero-order valence-corrected chi connectivity index (χ0v) is 24.8. The van der Waals surface area contributed by atoms with Gasteiger partial charge in [0.15, 0.2) is 11.5 Å². The second-order valence-electron chi connectivity index (χ2n) is 11.3. The Hall–Kier alpha value is -2.94. The van der Waals surface area contributed by atoms with Crippen LogP contribution in [0.25, 0.3) is 0 Å². The molecule has 1 unspecified atom stereocenters. The Labute approximate surface area is 233 Å². The highest BCUT2D eigenvalue weighted by molar-refractivity contribution is 5.77. The molecule has 0 fully saturated rings. The Balaban J connectivity index is 2.87. The van der Waals surface area contributed by atoms with Crippen LogP contribution >= 0.6 is 0 Å². The van der Waals surface area contributed by atoms with Crippen molar-refractivity contribution in [3.8, 4) is 11.5 Å². The first kappa shape index (κ1) is 34.1. The zero-order chi connectivity index (χ0) is 29.7. The Bertz CT molecular complexity index is 956. The molecule has 1 aromatic rings. The van der Waals surface area contributed by atoms with Gasteiger partial charge in [-0.05, 0) is 61.6 Å². The van der Waals surface area contributed by atoms with Crippen molar-refractivity contribution >= 4 is 23.9 Å². The summed E-state index contributed by atoms with van der Waals surface area (Å²) in [5.41, 5.74) is 6.68. The summed E-state index contributed by atoms with van der Waals surface area (Å²) in [6, 6.07) is 3.72. The van der Waals surface area contributed by atoms with Crippen LogP contribution in [0.15, 0.2) is 18.2 Å². The van der Waals surface area contributed by atoms with Gasteiger partial charge in [0, 0.05) is 12.8 Å². The second kappa shape index (κ2) is 16.9. The minimum absolute atomic E-state index is 0.0678. The van der Waals surface area contributed by atoms with Gasteiger partial charge in [-0.25, -0.2) is 0 Å². The van der Waals surface area contributed by atoms with Crippen molar-refractivity contribution in [2.45, 2.75) is 99.6 Å². The Morgan fingerprint density at radius 2 is 1.31 bits per heavy atom. The second-order valence-corrected chi connectivity index (χ2v) is 11.3. The maximum absolute atomic E-state index is 12.6. The average molecular weight is 550 g/mol. The molecule has 220 valence electrons. The third-order valence-corrected chi connectivity index (χ3v) is 6.22. The molecule has 1 rings (SSSR count). The number of carbonyl (C=O) groups is 4. The molecule has 0 aliphatic carbocycles. The topological polar surface area (TPSA) is 131 Å². The molecule has 0 saturated heterocycles. The van der Waals surface area contributed by atoms with Gasteiger partial charge in [0.05, 0.1) is 5.92 Å². The SMILES string of the molecule is CC(C)CCC(=O)Oc1ccc(C[C@H](N)C(=O)O[C@@H](C)COC(=O)C(C)C(C)C)cc1OC(=O)CCC(C)C. The summed E-state index contributed by atoms with van der Waals surface area (Å²) in [5, 5.41) is 0. The molecule has 1 aromatic carbocycles. The molecule has 39 heavy (non-hydrogen) atoms. The van der Waals surface area contributed by atoms with Crippen molar-refractivity contribution in [3.63, 3.8) is 0 Å². The normalized spacial score (nSPS) is 13.6. The minimum Gasteiger partial charge on any atom is -0.462 e. The largest absolute Gasteiger partial charge is 0.462 e. The molecule has 0 amide bonds. The van der Waals surface area contributed by atoms with E-state index in [1.54, 1.807) is 26.0 Å². The quantitative estimate of drug-likeness (QED) is 0.223. The summed E-state index contributed by atoms with van der Waals surface area (Å²) < 4.78 is 21.6. The minimum atomic E-state index is -1.01. The number of hydrogen-bond donors (Lipinski definition) is 1. The molecule has 0 aliphatic rings. The third-order valence-electron chi connectivity index (χ3n) is 6.22. The van der Waals surface area contributed by atoms with E-state index >= 15 is 0 Å². The first-order valence-corrected chi connectivity index (χ1v) is 13.9. The Morgan fingerprint density at radius 3 is 1.82 bits per heavy atom. The average Bonchev–Trinajstić information content (AvgIpc) is 2.85. The monoisotopic (exact) mass is 549 g/mol. The van der Waals surface area contributed by atoms with Crippen molar-refractivity contribution in [1.29, 1.82) is 0 Å². The standard InChI is InChI=1S/C30H47NO8/c1-18(2)9-13-27(32)38-25-12-11-23(16-26(25)39-28(33)14-10-19(3)4)15-24(31)30(35)37-21(7)17-36-29(34)22(8)20(5)6/h11-12,16,18-22,24H,9-10,13-15,17,31H2,1-8H3/t21-,22?,24-/m0/s1. The molecule has 9 heteroatoms. The summed E-state index contributed by atoms with van der Waals surface area (Å²) in [6.45, 7) is 15.2. The molecule has 2 N–H and O–H groups in total. The number of nitrogens with two attached hydrogens (primary N) is 1. The molecule has 9 nitrogen and oxygen atoms in total. The van der Waals surface area contributed by atoms with Gasteiger partial charge >= 0.3 is 23.9 Å². The molecule has 0 saturated carbocycles. The summed E-state index contributed by atoms with van der Waals surface area (Å²) >= 11 is 0. The molecular weight excluding hydrogens is 502 g/mol. The van der Waals surface area contributed by atoms with Gasteiger partial charge in [0.1, 0.15) is 18.8 Å². The number of esters is 4. The summed E-state index contributed by atoms with van der Waals surface area (Å²) in [6.07, 6.45) is 1.20. The molecule has 0 heterocycles. The maximum atomic E-state index is 12.6. The van der Waals surface area contributed by atoms with E-state index in [0.29, 0.717) is 30.2 Å². The van der Waals surface area contributed by atoms with E-state index in [1.807, 2.05) is 41.5 Å². The fourth-order valence-electron chi connectivity index (χ4n) is 3.26. The third kappa shape index (κ3) is 13.6. The number of ether oxygens (including phenoxy) is 4. The summed E-state index contributed by atoms with van der Waals surface area (Å²) in [5.74, 6) is -1.11. The van der Waals surface area contributed by atoms with Crippen LogP contribution in [0.4, 0.5) is 0 Å². The van der Waals surface area contributed by atoms with Crippen LogP contribution in [0.5, 0.6) is 11.5 Å². The van der Waals surface area contributed by atoms with Gasteiger partial charge in [-0.15, -0.1) is 0 Å². The van der Waals surface area contributed by atoms with E-state index in [4.69, 9.17) is 24.7 Å². The lowest BCUT2D eigenvalue weighted by Gasteiger charge is -2.19. The number of hydrogen-bond acceptors (Lipinski definition) is 9. The first-order valence-electron chi connectivity index (χ1n) is 13.9. The lowest BCUT2D eigenvalue weighted by molar-refractivity contribution is -0.161.